The first-order chi connectivity index (χ1) is 9.04. The molecule has 19 heavy (non-hydrogen) atoms. The molecule has 0 spiro atoms. The van der Waals surface area contributed by atoms with Gasteiger partial charge in [-0.1, -0.05) is 13.8 Å². The van der Waals surface area contributed by atoms with Crippen LogP contribution in [0.4, 0.5) is 0 Å². The van der Waals surface area contributed by atoms with Crippen molar-refractivity contribution in [2.75, 3.05) is 13.1 Å². The minimum absolute atomic E-state index is 0.580. The Balaban J connectivity index is 2.07. The van der Waals surface area contributed by atoms with E-state index in [2.05, 4.69) is 44.6 Å². The highest BCUT2D eigenvalue weighted by Crippen LogP contribution is 2.40. The third kappa shape index (κ3) is 3.38. The van der Waals surface area contributed by atoms with E-state index in [4.69, 9.17) is 5.10 Å². The second-order valence-corrected chi connectivity index (χ2v) is 6.29. The van der Waals surface area contributed by atoms with Crippen molar-refractivity contribution in [2.24, 2.45) is 11.8 Å². The number of aromatic nitrogens is 2. The van der Waals surface area contributed by atoms with E-state index in [1.165, 1.54) is 29.8 Å². The quantitative estimate of drug-likeness (QED) is 0.818. The zero-order valence-corrected chi connectivity index (χ0v) is 13.2. The summed E-state index contributed by atoms with van der Waals surface area (Å²) < 4.78 is 2.28. The first-order valence-electron chi connectivity index (χ1n) is 7.79. The summed E-state index contributed by atoms with van der Waals surface area (Å²) in [6, 6.07) is 0.580. The molecular weight excluding hydrogens is 234 g/mol. The van der Waals surface area contributed by atoms with Crippen LogP contribution in [0, 0.1) is 25.7 Å². The summed E-state index contributed by atoms with van der Waals surface area (Å²) in [5.74, 6) is 1.54. The van der Waals surface area contributed by atoms with E-state index < -0.39 is 0 Å². The van der Waals surface area contributed by atoms with Gasteiger partial charge in [0.05, 0.1) is 11.7 Å². The molecule has 1 saturated carbocycles. The first kappa shape index (κ1) is 14.6. The van der Waals surface area contributed by atoms with Crippen LogP contribution in [0.25, 0.3) is 0 Å². The fourth-order valence-corrected chi connectivity index (χ4v) is 2.98. The largest absolute Gasteiger partial charge is 0.317 e. The number of aryl methyl sites for hydroxylation is 1. The van der Waals surface area contributed by atoms with E-state index >= 15 is 0 Å². The van der Waals surface area contributed by atoms with Crippen LogP contribution >= 0.6 is 0 Å². The van der Waals surface area contributed by atoms with Crippen molar-refractivity contribution in [1.29, 1.82) is 0 Å². The maximum Gasteiger partial charge on any atom is 0.0628 e. The molecule has 0 bridgehead atoms. The van der Waals surface area contributed by atoms with E-state index in [-0.39, 0.29) is 0 Å². The Morgan fingerprint density at radius 3 is 2.58 bits per heavy atom. The van der Waals surface area contributed by atoms with E-state index in [1.807, 2.05) is 0 Å². The number of hydrogen-bond donors (Lipinski definition) is 1. The van der Waals surface area contributed by atoms with Gasteiger partial charge in [-0.05, 0) is 70.5 Å². The second-order valence-electron chi connectivity index (χ2n) is 6.29. The average molecular weight is 263 g/mol. The molecule has 1 aliphatic rings. The van der Waals surface area contributed by atoms with Gasteiger partial charge in [0.1, 0.15) is 0 Å². The molecular formula is C16H29N3. The number of rotatable bonds is 7. The Morgan fingerprint density at radius 1 is 1.32 bits per heavy atom. The summed E-state index contributed by atoms with van der Waals surface area (Å²) in [5, 5.41) is 8.24. The van der Waals surface area contributed by atoms with E-state index in [0.29, 0.717) is 12.0 Å². The van der Waals surface area contributed by atoms with Gasteiger partial charge >= 0.3 is 0 Å². The Labute approximate surface area is 117 Å². The van der Waals surface area contributed by atoms with Crippen LogP contribution < -0.4 is 5.32 Å². The predicted molar refractivity (Wildman–Crippen MR) is 80.5 cm³/mol. The molecule has 0 aliphatic heterocycles. The van der Waals surface area contributed by atoms with Crippen LogP contribution in [0.3, 0.4) is 0 Å². The molecule has 1 N–H and O–H groups in total. The lowest BCUT2D eigenvalue weighted by atomic mass is 9.99. The van der Waals surface area contributed by atoms with Crippen molar-refractivity contribution < 1.29 is 0 Å². The lowest BCUT2D eigenvalue weighted by Gasteiger charge is -2.15. The minimum Gasteiger partial charge on any atom is -0.317 e. The van der Waals surface area contributed by atoms with Crippen LogP contribution in [0.1, 0.15) is 56.6 Å². The fourth-order valence-electron chi connectivity index (χ4n) is 2.98. The molecule has 2 atom stereocenters. The lowest BCUT2D eigenvalue weighted by Crippen LogP contribution is -2.22. The first-order valence-corrected chi connectivity index (χ1v) is 7.79. The van der Waals surface area contributed by atoms with Gasteiger partial charge in [0.25, 0.3) is 0 Å². The number of hydrogen-bond acceptors (Lipinski definition) is 2. The maximum absolute atomic E-state index is 4.80. The van der Waals surface area contributed by atoms with Gasteiger partial charge in [-0.2, -0.15) is 5.10 Å². The van der Waals surface area contributed by atoms with Crippen molar-refractivity contribution >= 4 is 0 Å². The summed E-state index contributed by atoms with van der Waals surface area (Å²) >= 11 is 0. The van der Waals surface area contributed by atoms with Gasteiger partial charge in [0, 0.05) is 5.69 Å². The van der Waals surface area contributed by atoms with E-state index in [9.17, 15) is 0 Å². The zero-order valence-electron chi connectivity index (χ0n) is 13.2. The third-order valence-electron chi connectivity index (χ3n) is 4.46. The predicted octanol–water partition coefficient (Wildman–Crippen LogP) is 3.26. The van der Waals surface area contributed by atoms with Crippen LogP contribution in [0.15, 0.2) is 0 Å². The normalized spacial score (nSPS) is 18.6. The summed E-state index contributed by atoms with van der Waals surface area (Å²) in [5.41, 5.74) is 4.09. The van der Waals surface area contributed by atoms with E-state index in [1.54, 1.807) is 0 Å². The molecule has 1 aliphatic carbocycles. The molecule has 3 nitrogen and oxygen atoms in total. The van der Waals surface area contributed by atoms with Gasteiger partial charge in [0.15, 0.2) is 0 Å². The summed E-state index contributed by atoms with van der Waals surface area (Å²) in [6.45, 7) is 13.4. The molecule has 3 heteroatoms. The molecule has 1 aromatic rings. The Morgan fingerprint density at radius 2 is 2.00 bits per heavy atom. The Hall–Kier alpha value is -0.830. The minimum atomic E-state index is 0.580. The van der Waals surface area contributed by atoms with Gasteiger partial charge in [-0.3, -0.25) is 4.68 Å². The SMILES string of the molecule is CCNCC(C)Cc1c(C)nn(C(C)C2CC2)c1C. The van der Waals surface area contributed by atoms with Crippen LogP contribution in [0.5, 0.6) is 0 Å². The van der Waals surface area contributed by atoms with Gasteiger partial charge in [0.2, 0.25) is 0 Å². The molecule has 2 rings (SSSR count). The highest BCUT2D eigenvalue weighted by atomic mass is 15.3. The van der Waals surface area contributed by atoms with Crippen molar-refractivity contribution in [1.82, 2.24) is 15.1 Å². The van der Waals surface area contributed by atoms with Crippen molar-refractivity contribution in [3.8, 4) is 0 Å². The van der Waals surface area contributed by atoms with Crippen molar-refractivity contribution in [3.63, 3.8) is 0 Å². The zero-order chi connectivity index (χ0) is 14.0. The molecule has 0 amide bonds. The smallest absolute Gasteiger partial charge is 0.0628 e. The molecule has 1 fully saturated rings. The molecule has 0 saturated heterocycles. The van der Waals surface area contributed by atoms with Gasteiger partial charge in [-0.15, -0.1) is 0 Å². The topological polar surface area (TPSA) is 29.9 Å². The number of nitrogens with one attached hydrogen (secondary N) is 1. The standard InChI is InChI=1S/C16H29N3/c1-6-17-10-11(2)9-16-12(3)18-19(14(16)5)13(4)15-7-8-15/h11,13,15,17H,6-10H2,1-5H3. The van der Waals surface area contributed by atoms with Gasteiger partial charge < -0.3 is 5.32 Å². The fraction of sp³-hybridized carbons (Fsp3) is 0.812. The molecule has 1 aromatic heterocycles. The second kappa shape index (κ2) is 6.08. The van der Waals surface area contributed by atoms with Crippen LogP contribution in [-0.2, 0) is 6.42 Å². The molecule has 0 aromatic carbocycles. The maximum atomic E-state index is 4.80. The van der Waals surface area contributed by atoms with Crippen molar-refractivity contribution in [2.45, 2.75) is 59.9 Å². The Kier molecular flexibility index (Phi) is 4.67. The summed E-state index contributed by atoms with van der Waals surface area (Å²) in [6.07, 6.45) is 3.90. The molecule has 108 valence electrons. The summed E-state index contributed by atoms with van der Waals surface area (Å²) in [7, 11) is 0. The number of nitrogens with zero attached hydrogens (tertiary/aromatic N) is 2. The Bertz CT molecular complexity index is 418. The monoisotopic (exact) mass is 263 g/mol. The average Bonchev–Trinajstić information content (AvgIpc) is 3.18. The van der Waals surface area contributed by atoms with E-state index in [0.717, 1.165) is 25.4 Å². The van der Waals surface area contributed by atoms with Crippen molar-refractivity contribution in [3.05, 3.63) is 17.0 Å². The van der Waals surface area contributed by atoms with Crippen LogP contribution in [-0.4, -0.2) is 22.9 Å². The molecule has 2 unspecified atom stereocenters. The molecule has 0 radical (unpaired) electrons. The summed E-state index contributed by atoms with van der Waals surface area (Å²) in [4.78, 5) is 0. The van der Waals surface area contributed by atoms with Crippen LogP contribution in [0.2, 0.25) is 0 Å². The lowest BCUT2D eigenvalue weighted by molar-refractivity contribution is 0.428. The van der Waals surface area contributed by atoms with Gasteiger partial charge in [-0.25, -0.2) is 0 Å². The third-order valence-corrected chi connectivity index (χ3v) is 4.46. The molecule has 1 heterocycles. The highest BCUT2D eigenvalue weighted by molar-refractivity contribution is 5.25. The highest BCUT2D eigenvalue weighted by Gasteiger charge is 2.31.